The molecule has 0 atom stereocenters. The zero-order valence-corrected chi connectivity index (χ0v) is 13.8. The van der Waals surface area contributed by atoms with Crippen LogP contribution in [0.1, 0.15) is 29.0 Å². The van der Waals surface area contributed by atoms with Gasteiger partial charge < -0.3 is 9.36 Å². The van der Waals surface area contributed by atoms with Crippen molar-refractivity contribution in [2.75, 3.05) is 0 Å². The van der Waals surface area contributed by atoms with E-state index in [4.69, 9.17) is 32.6 Å². The van der Waals surface area contributed by atoms with Gasteiger partial charge in [-0.05, 0) is 19.1 Å². The maximum atomic E-state index is 12.4. The molecule has 0 unspecified atom stereocenters. The highest BCUT2D eigenvalue weighted by Gasteiger charge is 2.35. The van der Waals surface area contributed by atoms with Crippen LogP contribution in [0.5, 0.6) is 0 Å². The number of aromatic nitrogens is 1. The maximum absolute atomic E-state index is 12.4. The summed E-state index contributed by atoms with van der Waals surface area (Å²) in [6.07, 6.45) is -0.00410. The van der Waals surface area contributed by atoms with Gasteiger partial charge in [0, 0.05) is 18.4 Å². The first kappa shape index (κ1) is 16.5. The second-order valence-corrected chi connectivity index (χ2v) is 5.83. The van der Waals surface area contributed by atoms with E-state index >= 15 is 0 Å². The molecule has 24 heavy (non-hydrogen) atoms. The number of carbonyl (C=O) groups is 3. The zero-order chi connectivity index (χ0) is 17.4. The SMILES string of the molecule is Cc1onc(-c2c(Cl)cccc2Cl)c1C(=O)ON1C(=O)CCC1=O. The molecule has 2 amide bonds. The fourth-order valence-electron chi connectivity index (χ4n) is 2.29. The first-order valence-electron chi connectivity index (χ1n) is 6.89. The third-order valence-electron chi connectivity index (χ3n) is 3.45. The molecule has 7 nitrogen and oxygen atoms in total. The van der Waals surface area contributed by atoms with Crippen molar-refractivity contribution >= 4 is 41.0 Å². The predicted octanol–water partition coefficient (Wildman–Crippen LogP) is 3.18. The Morgan fingerprint density at radius 1 is 1.21 bits per heavy atom. The van der Waals surface area contributed by atoms with Crippen molar-refractivity contribution in [3.63, 3.8) is 0 Å². The molecule has 0 saturated carbocycles. The highest BCUT2D eigenvalue weighted by molar-refractivity contribution is 6.39. The number of hydroxylamine groups is 2. The predicted molar refractivity (Wildman–Crippen MR) is 83.2 cm³/mol. The van der Waals surface area contributed by atoms with Gasteiger partial charge in [-0.2, -0.15) is 0 Å². The topological polar surface area (TPSA) is 89.7 Å². The van der Waals surface area contributed by atoms with Crippen LogP contribution < -0.4 is 0 Å². The normalized spacial score (nSPS) is 14.4. The van der Waals surface area contributed by atoms with Gasteiger partial charge in [0.05, 0.1) is 10.0 Å². The number of rotatable bonds is 3. The average molecular weight is 369 g/mol. The van der Waals surface area contributed by atoms with Crippen molar-refractivity contribution in [2.45, 2.75) is 19.8 Å². The summed E-state index contributed by atoms with van der Waals surface area (Å²) in [4.78, 5) is 40.5. The molecule has 1 saturated heterocycles. The number of halogens is 2. The van der Waals surface area contributed by atoms with Crippen LogP contribution in [-0.2, 0) is 14.4 Å². The van der Waals surface area contributed by atoms with Gasteiger partial charge in [0.1, 0.15) is 17.0 Å². The number of hydrogen-bond donors (Lipinski definition) is 0. The molecule has 124 valence electrons. The van der Waals surface area contributed by atoms with E-state index in [0.29, 0.717) is 10.6 Å². The smallest absolute Gasteiger partial charge is 0.360 e. The van der Waals surface area contributed by atoms with Gasteiger partial charge in [0.25, 0.3) is 11.8 Å². The van der Waals surface area contributed by atoms with Gasteiger partial charge in [0.2, 0.25) is 0 Å². The van der Waals surface area contributed by atoms with E-state index in [2.05, 4.69) is 5.16 Å². The number of hydrogen-bond acceptors (Lipinski definition) is 6. The highest BCUT2D eigenvalue weighted by atomic mass is 35.5. The minimum Gasteiger partial charge on any atom is -0.360 e. The minimum atomic E-state index is -0.955. The third kappa shape index (κ3) is 2.76. The first-order chi connectivity index (χ1) is 11.4. The fourth-order valence-corrected chi connectivity index (χ4v) is 2.87. The van der Waals surface area contributed by atoms with Crippen LogP contribution in [0, 0.1) is 6.92 Å². The van der Waals surface area contributed by atoms with Crippen LogP contribution in [0.2, 0.25) is 10.0 Å². The Balaban J connectivity index is 2.00. The maximum Gasteiger partial charge on any atom is 0.369 e. The molecular weight excluding hydrogens is 359 g/mol. The summed E-state index contributed by atoms with van der Waals surface area (Å²) in [6, 6.07) is 4.80. The van der Waals surface area contributed by atoms with E-state index < -0.39 is 17.8 Å². The second kappa shape index (κ2) is 6.26. The Kier molecular flexibility index (Phi) is 4.29. The van der Waals surface area contributed by atoms with Crippen LogP contribution in [0.3, 0.4) is 0 Å². The Bertz CT molecular complexity index is 825. The molecule has 0 bridgehead atoms. The fraction of sp³-hybridized carbons (Fsp3) is 0.200. The van der Waals surface area contributed by atoms with Crippen LogP contribution in [-0.4, -0.2) is 28.0 Å². The number of amides is 2. The van der Waals surface area contributed by atoms with E-state index in [9.17, 15) is 14.4 Å². The van der Waals surface area contributed by atoms with E-state index in [0.717, 1.165) is 0 Å². The van der Waals surface area contributed by atoms with Crippen molar-refractivity contribution in [1.82, 2.24) is 10.2 Å². The summed E-state index contributed by atoms with van der Waals surface area (Å²) in [5, 5.41) is 4.78. The van der Waals surface area contributed by atoms with Crippen molar-refractivity contribution < 1.29 is 23.7 Å². The summed E-state index contributed by atoms with van der Waals surface area (Å²) in [7, 11) is 0. The zero-order valence-electron chi connectivity index (χ0n) is 12.3. The lowest BCUT2D eigenvalue weighted by Crippen LogP contribution is -2.32. The van der Waals surface area contributed by atoms with Gasteiger partial charge in [-0.25, -0.2) is 4.79 Å². The van der Waals surface area contributed by atoms with E-state index in [1.165, 1.54) is 6.92 Å². The third-order valence-corrected chi connectivity index (χ3v) is 4.08. The molecule has 1 aliphatic heterocycles. The minimum absolute atomic E-state index is 0.00205. The van der Waals surface area contributed by atoms with Crippen LogP contribution >= 0.6 is 23.2 Å². The number of nitrogens with zero attached hydrogens (tertiary/aromatic N) is 2. The molecule has 1 aromatic carbocycles. The lowest BCUT2D eigenvalue weighted by atomic mass is 10.1. The van der Waals surface area contributed by atoms with Crippen molar-refractivity contribution in [3.8, 4) is 11.3 Å². The van der Waals surface area contributed by atoms with Crippen LogP contribution in [0.25, 0.3) is 11.3 Å². The lowest BCUT2D eigenvalue weighted by molar-refractivity contribution is -0.172. The Labute approximate surface area is 146 Å². The van der Waals surface area contributed by atoms with Gasteiger partial charge >= 0.3 is 5.97 Å². The number of carbonyl (C=O) groups excluding carboxylic acids is 3. The molecule has 3 rings (SSSR count). The van der Waals surface area contributed by atoms with Crippen molar-refractivity contribution in [1.29, 1.82) is 0 Å². The number of benzene rings is 1. The second-order valence-electron chi connectivity index (χ2n) is 5.02. The first-order valence-corrected chi connectivity index (χ1v) is 7.64. The molecule has 9 heteroatoms. The van der Waals surface area contributed by atoms with Gasteiger partial charge in [-0.15, -0.1) is 5.06 Å². The van der Waals surface area contributed by atoms with Crippen LogP contribution in [0.15, 0.2) is 22.7 Å². The molecule has 0 N–H and O–H groups in total. The quantitative estimate of drug-likeness (QED) is 0.772. The Morgan fingerprint density at radius 3 is 2.38 bits per heavy atom. The molecule has 1 aliphatic rings. The Morgan fingerprint density at radius 2 is 1.79 bits per heavy atom. The summed E-state index contributed by atoms with van der Waals surface area (Å²) in [5.41, 5.74) is 0.313. The molecular formula is C15H10Cl2N2O5. The van der Waals surface area contributed by atoms with Crippen molar-refractivity contribution in [2.24, 2.45) is 0 Å². The average Bonchev–Trinajstić information content (AvgIpc) is 3.04. The molecule has 2 heterocycles. The molecule has 1 aromatic heterocycles. The number of aryl methyl sites for hydroxylation is 1. The number of imide groups is 1. The Hall–Kier alpha value is -2.38. The molecule has 0 radical (unpaired) electrons. The molecule has 0 aliphatic carbocycles. The largest absolute Gasteiger partial charge is 0.369 e. The molecule has 1 fully saturated rings. The summed E-state index contributed by atoms with van der Waals surface area (Å²) >= 11 is 12.3. The molecule has 0 spiro atoms. The standard InChI is InChI=1S/C15H10Cl2N2O5/c1-7-12(15(22)24-19-10(20)5-6-11(19)21)14(18-23-7)13-8(16)3-2-4-9(13)17/h2-4H,5-6H2,1H3. The highest BCUT2D eigenvalue weighted by Crippen LogP contribution is 2.37. The van der Waals surface area contributed by atoms with E-state index in [1.807, 2.05) is 0 Å². The summed E-state index contributed by atoms with van der Waals surface area (Å²) < 4.78 is 5.04. The van der Waals surface area contributed by atoms with Gasteiger partial charge in [-0.1, -0.05) is 34.4 Å². The van der Waals surface area contributed by atoms with Gasteiger partial charge in [0.15, 0.2) is 0 Å². The monoisotopic (exact) mass is 368 g/mol. The van der Waals surface area contributed by atoms with Crippen LogP contribution in [0.4, 0.5) is 0 Å². The van der Waals surface area contributed by atoms with E-state index in [1.54, 1.807) is 18.2 Å². The molecule has 2 aromatic rings. The lowest BCUT2D eigenvalue weighted by Gasteiger charge is -2.13. The van der Waals surface area contributed by atoms with Crippen molar-refractivity contribution in [3.05, 3.63) is 39.6 Å². The van der Waals surface area contributed by atoms with E-state index in [-0.39, 0.29) is 39.9 Å². The van der Waals surface area contributed by atoms with Gasteiger partial charge in [-0.3, -0.25) is 9.59 Å². The summed E-state index contributed by atoms with van der Waals surface area (Å²) in [5.74, 6) is -1.98. The summed E-state index contributed by atoms with van der Waals surface area (Å²) in [6.45, 7) is 1.49.